The van der Waals surface area contributed by atoms with Crippen LogP contribution in [0.25, 0.3) is 0 Å². The van der Waals surface area contributed by atoms with Crippen LogP contribution in [0.15, 0.2) is 23.8 Å². The highest BCUT2D eigenvalue weighted by molar-refractivity contribution is 7.97. The van der Waals surface area contributed by atoms with Gasteiger partial charge in [-0.3, -0.25) is 4.79 Å². The van der Waals surface area contributed by atoms with Gasteiger partial charge in [-0.25, -0.2) is 0 Å². The molecule has 3 heteroatoms. The molecule has 0 aromatic heterocycles. The van der Waals surface area contributed by atoms with Crippen LogP contribution in [0.5, 0.6) is 0 Å². The molecule has 0 aromatic carbocycles. The molecule has 1 nitrogen and oxygen atoms in total. The van der Waals surface area contributed by atoms with Crippen molar-refractivity contribution in [2.75, 3.05) is 0 Å². The summed E-state index contributed by atoms with van der Waals surface area (Å²) in [6, 6.07) is 0. The summed E-state index contributed by atoms with van der Waals surface area (Å²) in [6.07, 6.45) is 6.12. The second kappa shape index (κ2) is 3.12. The lowest BCUT2D eigenvalue weighted by Gasteiger charge is -2.04. The average Bonchev–Trinajstić information content (AvgIpc) is 1.88. The Bertz CT molecular complexity index is 238. The highest BCUT2D eigenvalue weighted by atomic mass is 32.1. The molecule has 1 aliphatic rings. The largest absolute Gasteiger partial charge is 0.282 e. The normalized spacial score (nSPS) is 16.9. The van der Waals surface area contributed by atoms with Gasteiger partial charge in [-0.05, 0) is 6.08 Å². The highest BCUT2D eigenvalue weighted by Gasteiger charge is 2.10. The van der Waals surface area contributed by atoms with Gasteiger partial charge in [0.2, 0.25) is 5.12 Å². The van der Waals surface area contributed by atoms with Crippen LogP contribution in [0.2, 0.25) is 0 Å². The number of thiol groups is 1. The van der Waals surface area contributed by atoms with E-state index in [0.717, 1.165) is 0 Å². The smallest absolute Gasteiger partial charge is 0.217 e. The zero-order chi connectivity index (χ0) is 7.56. The zero-order valence-electron chi connectivity index (χ0n) is 5.20. The molecular weight excluding hydrogens is 164 g/mol. The Morgan fingerprint density at radius 1 is 1.70 bits per heavy atom. The van der Waals surface area contributed by atoms with E-state index < -0.39 is 0 Å². The summed E-state index contributed by atoms with van der Waals surface area (Å²) in [5.41, 5.74) is 0.556. The molecule has 0 atom stereocenters. The third-order valence-corrected chi connectivity index (χ3v) is 1.86. The molecular formula is C7H6OS2. The van der Waals surface area contributed by atoms with Crippen LogP contribution in [0.3, 0.4) is 0 Å². The minimum Gasteiger partial charge on any atom is -0.282 e. The summed E-state index contributed by atoms with van der Waals surface area (Å²) in [5, 5.41) is -0.241. The molecule has 0 bridgehead atoms. The molecule has 0 fully saturated rings. The summed E-state index contributed by atoms with van der Waals surface area (Å²) < 4.78 is 0. The lowest BCUT2D eigenvalue weighted by atomic mass is 10.1. The van der Waals surface area contributed by atoms with Gasteiger partial charge in [0.15, 0.2) is 0 Å². The second-order valence-corrected chi connectivity index (χ2v) is 2.84. The van der Waals surface area contributed by atoms with Crippen molar-refractivity contribution in [3.63, 3.8) is 0 Å². The quantitative estimate of drug-likeness (QED) is 0.476. The van der Waals surface area contributed by atoms with E-state index in [0.29, 0.717) is 16.9 Å². The summed E-state index contributed by atoms with van der Waals surface area (Å²) >= 11 is 8.59. The molecule has 0 saturated carbocycles. The Hall–Kier alpha value is -0.410. The minimum absolute atomic E-state index is 0.241. The van der Waals surface area contributed by atoms with Gasteiger partial charge in [-0.1, -0.05) is 24.4 Å². The second-order valence-electron chi connectivity index (χ2n) is 1.94. The van der Waals surface area contributed by atoms with Gasteiger partial charge in [0.05, 0.1) is 0 Å². The third-order valence-electron chi connectivity index (χ3n) is 1.23. The molecule has 1 aliphatic carbocycles. The molecule has 0 aromatic rings. The van der Waals surface area contributed by atoms with Crippen molar-refractivity contribution in [2.24, 2.45) is 0 Å². The number of hydrogen-bond acceptors (Lipinski definition) is 2. The fourth-order valence-corrected chi connectivity index (χ4v) is 1.27. The molecule has 0 N–H and O–H groups in total. The van der Waals surface area contributed by atoms with Crippen molar-refractivity contribution in [1.82, 2.24) is 0 Å². The average molecular weight is 170 g/mol. The van der Waals surface area contributed by atoms with Crippen LogP contribution in [-0.4, -0.2) is 9.98 Å². The van der Waals surface area contributed by atoms with Crippen LogP contribution in [-0.2, 0) is 4.79 Å². The first-order chi connectivity index (χ1) is 4.72. The fourth-order valence-electron chi connectivity index (χ4n) is 0.733. The molecule has 0 saturated heterocycles. The van der Waals surface area contributed by atoms with Crippen LogP contribution < -0.4 is 0 Å². The Balaban J connectivity index is 2.91. The monoisotopic (exact) mass is 170 g/mol. The van der Waals surface area contributed by atoms with Gasteiger partial charge in [-0.15, -0.1) is 12.6 Å². The van der Waals surface area contributed by atoms with Crippen molar-refractivity contribution in [2.45, 2.75) is 6.42 Å². The summed E-state index contributed by atoms with van der Waals surface area (Å²) in [5.74, 6) is 0. The van der Waals surface area contributed by atoms with Gasteiger partial charge in [0, 0.05) is 16.9 Å². The van der Waals surface area contributed by atoms with Crippen LogP contribution in [0, 0.1) is 0 Å². The first kappa shape index (κ1) is 7.69. The number of thiocarbonyl (C=S) groups is 1. The molecule has 0 aliphatic heterocycles. The van der Waals surface area contributed by atoms with Crippen LogP contribution >= 0.6 is 24.8 Å². The molecule has 0 amide bonds. The van der Waals surface area contributed by atoms with E-state index in [-0.39, 0.29) is 5.12 Å². The number of allylic oxidation sites excluding steroid dienone is 3. The maximum absolute atomic E-state index is 10.7. The Kier molecular flexibility index (Phi) is 2.40. The summed E-state index contributed by atoms with van der Waals surface area (Å²) in [4.78, 5) is 11.4. The van der Waals surface area contributed by atoms with E-state index in [1.54, 1.807) is 6.08 Å². The molecule has 1 rings (SSSR count). The Morgan fingerprint density at radius 2 is 2.40 bits per heavy atom. The number of carbonyl (C=O) groups excluding carboxylic acids is 1. The SMILES string of the molecule is O=C(S)C1=CC=CCC1=S. The van der Waals surface area contributed by atoms with Crippen molar-refractivity contribution >= 4 is 34.8 Å². The number of rotatable bonds is 1. The molecule has 0 unspecified atom stereocenters. The maximum atomic E-state index is 10.7. The van der Waals surface area contributed by atoms with Crippen molar-refractivity contribution < 1.29 is 4.79 Å². The van der Waals surface area contributed by atoms with E-state index in [1.807, 2.05) is 12.2 Å². The van der Waals surface area contributed by atoms with E-state index >= 15 is 0 Å². The predicted molar refractivity (Wildman–Crippen MR) is 48.4 cm³/mol. The van der Waals surface area contributed by atoms with Crippen LogP contribution in [0.1, 0.15) is 6.42 Å². The lowest BCUT2D eigenvalue weighted by Crippen LogP contribution is -2.06. The number of hydrogen-bond donors (Lipinski definition) is 1. The number of carbonyl (C=O) groups is 1. The molecule has 0 spiro atoms. The first-order valence-corrected chi connectivity index (χ1v) is 3.70. The highest BCUT2D eigenvalue weighted by Crippen LogP contribution is 2.11. The van der Waals surface area contributed by atoms with Gasteiger partial charge < -0.3 is 0 Å². The van der Waals surface area contributed by atoms with Crippen molar-refractivity contribution in [3.05, 3.63) is 23.8 Å². The topological polar surface area (TPSA) is 17.1 Å². The predicted octanol–water partition coefficient (Wildman–Crippen LogP) is 1.70. The molecule has 10 heavy (non-hydrogen) atoms. The van der Waals surface area contributed by atoms with Gasteiger partial charge >= 0.3 is 0 Å². The van der Waals surface area contributed by atoms with E-state index in [2.05, 4.69) is 12.6 Å². The first-order valence-electron chi connectivity index (χ1n) is 2.85. The zero-order valence-corrected chi connectivity index (χ0v) is 6.91. The standard InChI is InChI=1S/C7H6OS2/c8-7(10)5-3-1-2-4-6(5)9/h1-3H,4H2,(H,8,10). The maximum Gasteiger partial charge on any atom is 0.217 e. The summed E-state index contributed by atoms with van der Waals surface area (Å²) in [7, 11) is 0. The molecule has 52 valence electrons. The van der Waals surface area contributed by atoms with Crippen molar-refractivity contribution in [3.8, 4) is 0 Å². The Labute approximate surface area is 70.2 Å². The third kappa shape index (κ3) is 1.55. The van der Waals surface area contributed by atoms with Gasteiger partial charge in [-0.2, -0.15) is 0 Å². The van der Waals surface area contributed by atoms with E-state index in [4.69, 9.17) is 12.2 Å². The lowest BCUT2D eigenvalue weighted by molar-refractivity contribution is -0.107. The van der Waals surface area contributed by atoms with Crippen LogP contribution in [0.4, 0.5) is 0 Å². The van der Waals surface area contributed by atoms with E-state index in [9.17, 15) is 4.79 Å². The Morgan fingerprint density at radius 3 is 2.80 bits per heavy atom. The van der Waals surface area contributed by atoms with Gasteiger partial charge in [0.25, 0.3) is 0 Å². The molecule has 0 radical (unpaired) electrons. The molecule has 0 heterocycles. The van der Waals surface area contributed by atoms with Crippen molar-refractivity contribution in [1.29, 1.82) is 0 Å². The minimum atomic E-state index is -0.241. The fraction of sp³-hybridized carbons (Fsp3) is 0.143. The van der Waals surface area contributed by atoms with E-state index in [1.165, 1.54) is 0 Å². The van der Waals surface area contributed by atoms with Gasteiger partial charge in [0.1, 0.15) is 0 Å². The summed E-state index contributed by atoms with van der Waals surface area (Å²) in [6.45, 7) is 0.